The summed E-state index contributed by atoms with van der Waals surface area (Å²) in [5.74, 6) is -4.69. The van der Waals surface area contributed by atoms with Crippen LogP contribution in [0.15, 0.2) is 54.6 Å². The molecule has 0 bridgehead atoms. The number of ether oxygens (including phenoxy) is 13. The van der Waals surface area contributed by atoms with E-state index in [2.05, 4.69) is 38.8 Å². The molecule has 6 N–H and O–H groups in total. The van der Waals surface area contributed by atoms with Gasteiger partial charge in [0.1, 0.15) is 44.5 Å². The number of hydrogen-bond acceptors (Lipinski definition) is 24. The third kappa shape index (κ3) is 29.4. The largest absolute Gasteiger partial charge is 0.489 e. The number of rotatable bonds is 41. The average Bonchev–Trinajstić information content (AvgIpc) is 0.833. The Balaban J connectivity index is 1.27. The zero-order valence-electron chi connectivity index (χ0n) is 59.2. The molecule has 1 saturated carbocycles. The van der Waals surface area contributed by atoms with Crippen molar-refractivity contribution in [3.05, 3.63) is 65.7 Å². The molecule has 99 heavy (non-hydrogen) atoms. The van der Waals surface area contributed by atoms with Crippen molar-refractivity contribution in [3.63, 3.8) is 0 Å². The van der Waals surface area contributed by atoms with Crippen LogP contribution in [-0.2, 0) is 118 Å². The van der Waals surface area contributed by atoms with Crippen molar-refractivity contribution in [3.8, 4) is 5.75 Å². The maximum atomic E-state index is 14.7. The van der Waals surface area contributed by atoms with Gasteiger partial charge in [-0.3, -0.25) is 52.8 Å². The topological polar surface area (TPSA) is 366 Å². The molecule has 5 rings (SSSR count). The highest BCUT2D eigenvalue weighted by molar-refractivity contribution is 5.86. The van der Waals surface area contributed by atoms with E-state index in [0.717, 1.165) is 5.56 Å². The van der Waals surface area contributed by atoms with Gasteiger partial charge in [0.25, 0.3) is 0 Å². The van der Waals surface area contributed by atoms with E-state index in [9.17, 15) is 47.9 Å². The summed E-state index contributed by atoms with van der Waals surface area (Å²) in [5, 5.41) is 17.2. The summed E-state index contributed by atoms with van der Waals surface area (Å²) < 4.78 is 75.7. The molecule has 3 fully saturated rings. The van der Waals surface area contributed by atoms with Gasteiger partial charge in [0, 0.05) is 67.5 Å². The van der Waals surface area contributed by atoms with Crippen LogP contribution in [0.4, 0.5) is 0 Å². The minimum Gasteiger partial charge on any atom is -0.489 e. The number of nitrogens with one attached hydrogen (secondary N) is 6. The van der Waals surface area contributed by atoms with E-state index in [1.807, 2.05) is 51.1 Å². The quantitative estimate of drug-likeness (QED) is 0.0240. The van der Waals surface area contributed by atoms with Crippen LogP contribution in [0, 0.1) is 35.5 Å². The highest BCUT2D eigenvalue weighted by Gasteiger charge is 2.48. The number of esters is 4. The minimum atomic E-state index is -1.17. The van der Waals surface area contributed by atoms with Crippen LogP contribution in [-0.4, -0.2) is 231 Å². The Morgan fingerprint density at radius 1 is 0.495 bits per heavy atom. The highest BCUT2D eigenvalue weighted by Crippen LogP contribution is 2.37. The summed E-state index contributed by atoms with van der Waals surface area (Å²) in [6.07, 6.45) is -4.17. The van der Waals surface area contributed by atoms with Crippen LogP contribution in [0.3, 0.4) is 0 Å². The second-order valence-corrected chi connectivity index (χ2v) is 25.3. The second-order valence-electron chi connectivity index (χ2n) is 25.3. The number of benzene rings is 2. The van der Waals surface area contributed by atoms with Crippen molar-refractivity contribution in [2.45, 2.75) is 164 Å². The summed E-state index contributed by atoms with van der Waals surface area (Å²) in [7, 11) is 0. The zero-order chi connectivity index (χ0) is 72.6. The third-order valence-electron chi connectivity index (χ3n) is 17.6. The summed E-state index contributed by atoms with van der Waals surface area (Å²) in [4.78, 5) is 128. The number of carbonyl (C=O) groups excluding carboxylic acids is 10. The number of amides is 6. The molecule has 16 atom stereocenters. The molecule has 2 aliphatic heterocycles. The first kappa shape index (κ1) is 82.2. The van der Waals surface area contributed by atoms with Crippen LogP contribution in [0.5, 0.6) is 5.75 Å². The minimum absolute atomic E-state index is 0.00251. The fraction of sp³-hybridized carbons (Fsp3) is 0.681. The lowest BCUT2D eigenvalue weighted by molar-refractivity contribution is -0.264. The molecule has 0 aromatic heterocycles. The van der Waals surface area contributed by atoms with E-state index in [-0.39, 0.29) is 158 Å². The summed E-state index contributed by atoms with van der Waals surface area (Å²) in [6, 6.07) is 13.9. The smallest absolute Gasteiger partial charge is 0.303 e. The fourth-order valence-corrected chi connectivity index (χ4v) is 12.1. The molecular formula is C69H105N7O23. The molecule has 16 unspecified atom stereocenters. The van der Waals surface area contributed by atoms with E-state index < -0.39 is 110 Å². The van der Waals surface area contributed by atoms with Gasteiger partial charge >= 0.3 is 23.9 Å². The van der Waals surface area contributed by atoms with E-state index in [4.69, 9.17) is 61.6 Å². The van der Waals surface area contributed by atoms with Crippen LogP contribution >= 0.6 is 0 Å². The molecule has 2 saturated heterocycles. The Morgan fingerprint density at radius 2 is 0.990 bits per heavy atom. The van der Waals surface area contributed by atoms with Gasteiger partial charge < -0.3 is 93.5 Å². The lowest BCUT2D eigenvalue weighted by Gasteiger charge is -2.44. The predicted octanol–water partition coefficient (Wildman–Crippen LogP) is 2.04. The second kappa shape index (κ2) is 43.3. The van der Waals surface area contributed by atoms with Gasteiger partial charge in [-0.25, -0.2) is 0 Å². The van der Waals surface area contributed by atoms with Crippen LogP contribution < -0.4 is 36.6 Å². The monoisotopic (exact) mass is 1400 g/mol. The molecule has 3 aliphatic rings. The molecule has 6 amide bonds. The first-order chi connectivity index (χ1) is 47.2. The van der Waals surface area contributed by atoms with Gasteiger partial charge in [-0.05, 0) is 65.7 Å². The number of nitrogens with zero attached hydrogens (tertiary/aromatic N) is 1. The lowest BCUT2D eigenvalue weighted by atomic mass is 9.70. The van der Waals surface area contributed by atoms with E-state index >= 15 is 0 Å². The van der Waals surface area contributed by atoms with Gasteiger partial charge in [0.15, 0.2) is 12.6 Å². The van der Waals surface area contributed by atoms with Crippen molar-refractivity contribution in [1.29, 1.82) is 0 Å². The first-order valence-corrected chi connectivity index (χ1v) is 33.8. The highest BCUT2D eigenvalue weighted by atomic mass is 16.7. The molecule has 30 heteroatoms. The SMILES string of the molecule is CC(=O)NC1C(OCCOCCNC(=O)CN(CC(=O)NCCOCCOC2OC(COC(C)=O)C(OC(C)=O)C(C)C2NC(C)=O)C(Cc2ccc(OCc3ccccc3)cc2)C(=O)NCOCCOC2OC(COC(C)=O)C(C)C(C)C2NC(C)=O)CC(COC(C)=O)C(C)C1C. The van der Waals surface area contributed by atoms with E-state index in [0.29, 0.717) is 24.3 Å². The fourth-order valence-electron chi connectivity index (χ4n) is 12.1. The van der Waals surface area contributed by atoms with E-state index in [1.54, 1.807) is 31.2 Å². The molecular weight excluding hydrogens is 1290 g/mol. The molecule has 0 spiro atoms. The lowest BCUT2D eigenvalue weighted by Crippen LogP contribution is -2.62. The summed E-state index contributed by atoms with van der Waals surface area (Å²) in [6.45, 7) is 18.3. The Kier molecular flexibility index (Phi) is 36.0. The average molecular weight is 1400 g/mol. The van der Waals surface area contributed by atoms with Crippen molar-refractivity contribution in [1.82, 2.24) is 36.8 Å². The number of carbonyl (C=O) groups is 10. The molecule has 2 aromatic carbocycles. The van der Waals surface area contributed by atoms with Crippen molar-refractivity contribution < 1.29 is 110 Å². The van der Waals surface area contributed by atoms with Crippen molar-refractivity contribution >= 4 is 59.3 Å². The zero-order valence-corrected chi connectivity index (χ0v) is 59.2. The molecule has 0 radical (unpaired) electrons. The van der Waals surface area contributed by atoms with Crippen LogP contribution in [0.1, 0.15) is 101 Å². The van der Waals surface area contributed by atoms with Crippen LogP contribution in [0.25, 0.3) is 0 Å². The van der Waals surface area contributed by atoms with Crippen LogP contribution in [0.2, 0.25) is 0 Å². The maximum absolute atomic E-state index is 14.7. The maximum Gasteiger partial charge on any atom is 0.303 e. The third-order valence-corrected chi connectivity index (χ3v) is 17.6. The van der Waals surface area contributed by atoms with Gasteiger partial charge in [-0.1, -0.05) is 77.1 Å². The Morgan fingerprint density at radius 3 is 1.54 bits per heavy atom. The Hall–Kier alpha value is -7.42. The van der Waals surface area contributed by atoms with E-state index in [1.165, 1.54) is 53.4 Å². The van der Waals surface area contributed by atoms with Crippen molar-refractivity contribution in [2.75, 3.05) is 106 Å². The van der Waals surface area contributed by atoms with Gasteiger partial charge in [0.2, 0.25) is 35.4 Å². The first-order valence-electron chi connectivity index (χ1n) is 33.8. The normalized spacial score (nSPS) is 25.4. The Bertz CT molecular complexity index is 2870. The predicted molar refractivity (Wildman–Crippen MR) is 354 cm³/mol. The molecule has 2 heterocycles. The summed E-state index contributed by atoms with van der Waals surface area (Å²) >= 11 is 0. The van der Waals surface area contributed by atoms with Gasteiger partial charge in [0.05, 0.1) is 109 Å². The summed E-state index contributed by atoms with van der Waals surface area (Å²) in [5.41, 5.74) is 1.62. The van der Waals surface area contributed by atoms with Crippen molar-refractivity contribution in [2.24, 2.45) is 35.5 Å². The molecule has 30 nitrogen and oxygen atoms in total. The van der Waals surface area contributed by atoms with Gasteiger partial charge in [-0.15, -0.1) is 0 Å². The van der Waals surface area contributed by atoms with Gasteiger partial charge in [-0.2, -0.15) is 0 Å². The standard InChI is InChI=1S/C69H105N7O23/c1-41-43(3)63(73-46(6)77)58(33-55(41)37-93-49(9)80)90-29-26-87-24-22-70-61(84)34-76(35-62(85)71-23-25-88-27-30-91-69-65(75-48(8)79)45(5)66(97-52(12)83)60(99-69)39-95-51(11)82)57(32-53-18-20-56(21-19-53)96-36-54-16-14-13-15-17-54)67(86)72-40-89-28-31-92-68-64(74-47(7)78)44(4)42(2)59(98-68)38-94-50(10)81/h13-21,41-45,55,57-60,63-66,68-69H,22-40H2,1-12H3,(H,70,84)(H,71,85)(H,72,86)(H,73,77)(H,74,78)(H,75,79). The molecule has 2 aromatic rings. The Labute approximate surface area is 579 Å². The number of hydrogen-bond donors (Lipinski definition) is 6. The molecule has 1 aliphatic carbocycles. The molecule has 554 valence electrons.